The quantitative estimate of drug-likeness (QED) is 0.650. The van der Waals surface area contributed by atoms with Gasteiger partial charge in [-0.05, 0) is 54.7 Å². The molecule has 1 unspecified atom stereocenters. The lowest BCUT2D eigenvalue weighted by molar-refractivity contribution is 0.0998. The number of aryl methyl sites for hydroxylation is 1. The minimum Gasteiger partial charge on any atom is -0.496 e. The Balaban J connectivity index is 1.86. The van der Waals surface area contributed by atoms with E-state index >= 15 is 0 Å². The summed E-state index contributed by atoms with van der Waals surface area (Å²) >= 11 is 0. The number of furan rings is 1. The molecule has 0 fully saturated rings. The van der Waals surface area contributed by atoms with Crippen molar-refractivity contribution in [1.29, 1.82) is 0 Å². The predicted octanol–water partition coefficient (Wildman–Crippen LogP) is 3.81. The fourth-order valence-corrected chi connectivity index (χ4v) is 5.22. The van der Waals surface area contributed by atoms with Crippen LogP contribution in [-0.4, -0.2) is 25.9 Å². The molecule has 0 bridgehead atoms. The van der Waals surface area contributed by atoms with Crippen LogP contribution in [0.15, 0.2) is 34.9 Å². The molecule has 8 heteroatoms. The van der Waals surface area contributed by atoms with Crippen LogP contribution in [0.3, 0.4) is 0 Å². The summed E-state index contributed by atoms with van der Waals surface area (Å²) in [5.41, 5.74) is 2.80. The second-order valence-corrected chi connectivity index (χ2v) is 8.72. The molecule has 0 saturated heterocycles. The monoisotopic (exact) mass is 414 g/mol. The van der Waals surface area contributed by atoms with Crippen molar-refractivity contribution in [1.82, 2.24) is 0 Å². The molecule has 0 spiro atoms. The molecule has 0 saturated carbocycles. The van der Waals surface area contributed by atoms with Crippen LogP contribution in [0.4, 0.5) is 0 Å². The summed E-state index contributed by atoms with van der Waals surface area (Å²) in [6.45, 7) is 2.07. The first-order chi connectivity index (χ1) is 13.7. The van der Waals surface area contributed by atoms with E-state index < -0.39 is 15.8 Å². The van der Waals surface area contributed by atoms with Gasteiger partial charge < -0.3 is 13.3 Å². The molecule has 150 valence electrons. The van der Waals surface area contributed by atoms with Gasteiger partial charge in [-0.3, -0.25) is 9.35 Å². The van der Waals surface area contributed by atoms with Crippen LogP contribution >= 0.6 is 0 Å². The number of carbonyl (C=O) groups excluding carboxylic acids is 1. The zero-order valence-electron chi connectivity index (χ0n) is 15.8. The van der Waals surface area contributed by atoms with Crippen molar-refractivity contribution < 1.29 is 31.1 Å². The van der Waals surface area contributed by atoms with Crippen LogP contribution in [0.2, 0.25) is 0 Å². The minimum absolute atomic E-state index is 0.0313. The van der Waals surface area contributed by atoms with Crippen LogP contribution in [0.1, 0.15) is 52.6 Å². The molecule has 2 aromatic carbocycles. The molecule has 1 N–H and O–H groups in total. The highest BCUT2D eigenvalue weighted by molar-refractivity contribution is 7.81. The second kappa shape index (κ2) is 5.84. The van der Waals surface area contributed by atoms with E-state index in [1.54, 1.807) is 18.4 Å². The third kappa shape index (κ3) is 2.52. The van der Waals surface area contributed by atoms with Gasteiger partial charge in [-0.15, -0.1) is 0 Å². The number of hydrogen-bond donors (Lipinski definition) is 1. The Bertz CT molecular complexity index is 1300. The van der Waals surface area contributed by atoms with Gasteiger partial charge in [-0.2, -0.15) is 8.42 Å². The normalized spacial score (nSPS) is 20.3. The standard InChI is InChI=1S/C21H18O7S/c1-21-7-3-4-11-10-27-20(18(11)21)19(22)14-8-12-13(9-15(14)21)17(28-29(23,24)25)6-5-16(12)26-2/h5-6,8-10H,3-4,7H2,1-2H3,(H,23,24,25). The van der Waals surface area contributed by atoms with E-state index in [1.807, 2.05) is 0 Å². The van der Waals surface area contributed by atoms with Gasteiger partial charge in [0.2, 0.25) is 5.78 Å². The fraction of sp³-hybridized carbons (Fsp3) is 0.286. The Morgan fingerprint density at radius 2 is 1.90 bits per heavy atom. The summed E-state index contributed by atoms with van der Waals surface area (Å²) < 4.78 is 47.7. The Morgan fingerprint density at radius 1 is 1.17 bits per heavy atom. The van der Waals surface area contributed by atoms with Crippen molar-refractivity contribution in [2.24, 2.45) is 0 Å². The lowest BCUT2D eigenvalue weighted by Crippen LogP contribution is -2.35. The van der Waals surface area contributed by atoms with E-state index in [1.165, 1.54) is 19.2 Å². The van der Waals surface area contributed by atoms with Crippen LogP contribution in [0.5, 0.6) is 11.5 Å². The summed E-state index contributed by atoms with van der Waals surface area (Å²) in [6, 6.07) is 6.41. The molecule has 5 rings (SSSR count). The molecule has 0 radical (unpaired) electrons. The second-order valence-electron chi connectivity index (χ2n) is 7.70. The maximum absolute atomic E-state index is 13.2. The third-order valence-corrected chi connectivity index (χ3v) is 6.47. The van der Waals surface area contributed by atoms with Crippen molar-refractivity contribution in [3.05, 3.63) is 58.5 Å². The summed E-state index contributed by atoms with van der Waals surface area (Å²) in [6.07, 6.45) is 4.30. The molecule has 0 aliphatic heterocycles. The van der Waals surface area contributed by atoms with Gasteiger partial charge in [0.1, 0.15) is 5.75 Å². The van der Waals surface area contributed by atoms with Crippen LogP contribution in [-0.2, 0) is 22.2 Å². The minimum atomic E-state index is -4.71. The maximum atomic E-state index is 13.2. The summed E-state index contributed by atoms with van der Waals surface area (Å²) in [7, 11) is -3.23. The zero-order valence-corrected chi connectivity index (χ0v) is 16.6. The highest BCUT2D eigenvalue weighted by Gasteiger charge is 2.46. The first-order valence-electron chi connectivity index (χ1n) is 9.20. The molecule has 7 nitrogen and oxygen atoms in total. The van der Waals surface area contributed by atoms with E-state index in [4.69, 9.17) is 13.3 Å². The number of methoxy groups -OCH3 is 1. The van der Waals surface area contributed by atoms with Gasteiger partial charge in [0.05, 0.1) is 13.4 Å². The van der Waals surface area contributed by atoms with E-state index in [9.17, 15) is 17.8 Å². The van der Waals surface area contributed by atoms with Gasteiger partial charge in [0, 0.05) is 27.3 Å². The average molecular weight is 414 g/mol. The molecular formula is C21H18O7S. The van der Waals surface area contributed by atoms with Gasteiger partial charge in [-0.1, -0.05) is 6.92 Å². The number of benzene rings is 2. The van der Waals surface area contributed by atoms with Gasteiger partial charge in [-0.25, -0.2) is 0 Å². The lowest BCUT2D eigenvalue weighted by Gasteiger charge is -2.39. The average Bonchev–Trinajstić information content (AvgIpc) is 3.11. The number of hydrogen-bond acceptors (Lipinski definition) is 6. The molecular weight excluding hydrogens is 396 g/mol. The first kappa shape index (κ1) is 18.2. The molecule has 1 heterocycles. The summed E-state index contributed by atoms with van der Waals surface area (Å²) in [4.78, 5) is 13.2. The van der Waals surface area contributed by atoms with Crippen LogP contribution in [0.25, 0.3) is 10.8 Å². The fourth-order valence-electron chi connectivity index (χ4n) is 4.85. The number of ether oxygens (including phenoxy) is 1. The smallest absolute Gasteiger partial charge is 0.446 e. The van der Waals surface area contributed by atoms with Crippen molar-refractivity contribution in [2.75, 3.05) is 7.11 Å². The van der Waals surface area contributed by atoms with Crippen molar-refractivity contribution in [2.45, 2.75) is 31.6 Å². The number of rotatable bonds is 3. The lowest BCUT2D eigenvalue weighted by atomic mass is 9.63. The van der Waals surface area contributed by atoms with E-state index in [-0.39, 0.29) is 11.5 Å². The highest BCUT2D eigenvalue weighted by Crippen LogP contribution is 2.51. The first-order valence-corrected chi connectivity index (χ1v) is 10.6. The number of carbonyl (C=O) groups is 1. The molecule has 0 amide bonds. The SMILES string of the molecule is COc1ccc(OS(=O)(=O)O)c2cc3c(cc12)C(=O)c1occ2c1C3(C)CCC2. The van der Waals surface area contributed by atoms with Crippen LogP contribution in [0, 0.1) is 0 Å². The maximum Gasteiger partial charge on any atom is 0.446 e. The van der Waals surface area contributed by atoms with E-state index in [0.717, 1.165) is 36.0 Å². The molecule has 1 atom stereocenters. The Morgan fingerprint density at radius 3 is 2.62 bits per heavy atom. The Labute approximate surface area is 167 Å². The Hall–Kier alpha value is -2.84. The third-order valence-electron chi connectivity index (χ3n) is 6.08. The van der Waals surface area contributed by atoms with Crippen molar-refractivity contribution in [3.63, 3.8) is 0 Å². The van der Waals surface area contributed by atoms with Crippen molar-refractivity contribution >= 4 is 27.0 Å². The molecule has 29 heavy (non-hydrogen) atoms. The molecule has 3 aromatic rings. The zero-order chi connectivity index (χ0) is 20.6. The Kier molecular flexibility index (Phi) is 3.66. The van der Waals surface area contributed by atoms with E-state index in [0.29, 0.717) is 27.8 Å². The topological polar surface area (TPSA) is 103 Å². The molecule has 1 aromatic heterocycles. The van der Waals surface area contributed by atoms with Gasteiger partial charge >= 0.3 is 10.4 Å². The summed E-state index contributed by atoms with van der Waals surface area (Å²) in [5.74, 6) is 0.596. The molecule has 2 aliphatic rings. The van der Waals surface area contributed by atoms with Crippen LogP contribution < -0.4 is 8.92 Å². The summed E-state index contributed by atoms with van der Waals surface area (Å²) in [5, 5.41) is 0.948. The highest BCUT2D eigenvalue weighted by atomic mass is 32.3. The van der Waals surface area contributed by atoms with Gasteiger partial charge in [0.25, 0.3) is 0 Å². The predicted molar refractivity (Wildman–Crippen MR) is 104 cm³/mol. The largest absolute Gasteiger partial charge is 0.496 e. The van der Waals surface area contributed by atoms with Gasteiger partial charge in [0.15, 0.2) is 11.5 Å². The van der Waals surface area contributed by atoms with Crippen molar-refractivity contribution in [3.8, 4) is 11.5 Å². The number of ketones is 1. The number of fused-ring (bicyclic) bond motifs is 3. The van der Waals surface area contributed by atoms with E-state index in [2.05, 4.69) is 6.92 Å². The molecule has 2 aliphatic carbocycles.